The Morgan fingerprint density at radius 2 is 2.05 bits per heavy atom. The Balaban J connectivity index is 1.09. The zero-order chi connectivity index (χ0) is 26.9. The fourth-order valence-corrected chi connectivity index (χ4v) is 4.67. The first-order valence-corrected chi connectivity index (χ1v) is 12.1. The van der Waals surface area contributed by atoms with Gasteiger partial charge in [-0.1, -0.05) is 0 Å². The Bertz CT molecular complexity index is 1160. The molecule has 1 saturated heterocycles. The number of alkyl halides is 3. The fraction of sp³-hybridized carbons (Fsp3) is 0.478. The number of piperazine rings is 1. The van der Waals surface area contributed by atoms with Gasteiger partial charge in [0.1, 0.15) is 17.7 Å². The van der Waals surface area contributed by atoms with Crippen molar-refractivity contribution >= 4 is 18.0 Å². The maximum absolute atomic E-state index is 12.4. The van der Waals surface area contributed by atoms with E-state index in [9.17, 15) is 23.3 Å². The van der Waals surface area contributed by atoms with Crippen LogP contribution in [0, 0.1) is 10.1 Å². The molecule has 0 aliphatic carbocycles. The number of aliphatic imine (C=N–C) groups is 2. The number of anilines is 1. The maximum atomic E-state index is 12.4. The van der Waals surface area contributed by atoms with E-state index in [1.165, 1.54) is 18.2 Å². The first-order chi connectivity index (χ1) is 18.2. The van der Waals surface area contributed by atoms with Crippen molar-refractivity contribution in [3.63, 3.8) is 0 Å². The molecule has 12 nitrogen and oxygen atoms in total. The van der Waals surface area contributed by atoms with Crippen molar-refractivity contribution in [3.05, 3.63) is 58.6 Å². The van der Waals surface area contributed by atoms with Gasteiger partial charge in [-0.05, 0) is 37.3 Å². The lowest BCUT2D eigenvalue weighted by Gasteiger charge is -2.43. The zero-order valence-electron chi connectivity index (χ0n) is 20.5. The van der Waals surface area contributed by atoms with Gasteiger partial charge in [-0.15, -0.1) is 13.2 Å². The van der Waals surface area contributed by atoms with Crippen molar-refractivity contribution in [2.24, 2.45) is 9.98 Å². The molecule has 3 atom stereocenters. The van der Waals surface area contributed by atoms with Crippen molar-refractivity contribution in [1.82, 2.24) is 20.0 Å². The molecule has 0 bridgehead atoms. The van der Waals surface area contributed by atoms with E-state index in [0.29, 0.717) is 32.8 Å². The van der Waals surface area contributed by atoms with Gasteiger partial charge < -0.3 is 24.2 Å². The third-order valence-electron chi connectivity index (χ3n) is 6.55. The molecule has 1 aromatic rings. The third-order valence-corrected chi connectivity index (χ3v) is 6.55. The Kier molecular flexibility index (Phi) is 7.01. The number of hydrogen-bond donors (Lipinski definition) is 1. The van der Waals surface area contributed by atoms with Crippen LogP contribution in [0.3, 0.4) is 0 Å². The second-order valence-corrected chi connectivity index (χ2v) is 9.15. The van der Waals surface area contributed by atoms with Crippen LogP contribution in [0.5, 0.6) is 5.75 Å². The predicted molar refractivity (Wildman–Crippen MR) is 132 cm³/mol. The minimum atomic E-state index is -4.71. The minimum absolute atomic E-state index is 0.144. The van der Waals surface area contributed by atoms with Crippen LogP contribution in [0.1, 0.15) is 6.92 Å². The Labute approximate surface area is 216 Å². The smallest absolute Gasteiger partial charge is 0.406 e. The van der Waals surface area contributed by atoms with Gasteiger partial charge in [0.15, 0.2) is 0 Å². The molecule has 0 amide bonds. The van der Waals surface area contributed by atoms with Gasteiger partial charge in [-0.2, -0.15) is 0 Å². The van der Waals surface area contributed by atoms with E-state index in [0.717, 1.165) is 18.1 Å². The number of rotatable bonds is 7. The largest absolute Gasteiger partial charge is 0.573 e. The predicted octanol–water partition coefficient (Wildman–Crippen LogP) is 1.97. The van der Waals surface area contributed by atoms with Crippen LogP contribution in [-0.2, 0) is 4.74 Å². The maximum Gasteiger partial charge on any atom is 0.573 e. The number of nitro groups is 1. The number of benzene rings is 1. The van der Waals surface area contributed by atoms with E-state index in [1.54, 1.807) is 29.6 Å². The normalized spacial score (nSPS) is 25.1. The van der Waals surface area contributed by atoms with Crippen LogP contribution in [0.15, 0.2) is 58.4 Å². The highest BCUT2D eigenvalue weighted by atomic mass is 19.4. The van der Waals surface area contributed by atoms with E-state index >= 15 is 0 Å². The Morgan fingerprint density at radius 1 is 1.26 bits per heavy atom. The van der Waals surface area contributed by atoms with Gasteiger partial charge in [0.25, 0.3) is 6.02 Å². The van der Waals surface area contributed by atoms with Gasteiger partial charge >= 0.3 is 12.6 Å². The molecule has 0 spiro atoms. The average molecular weight is 537 g/mol. The summed E-state index contributed by atoms with van der Waals surface area (Å²) in [5.74, 6) is 0.644. The number of nitrogens with one attached hydrogen (secondary N) is 1. The van der Waals surface area contributed by atoms with E-state index in [1.807, 2.05) is 4.90 Å². The lowest BCUT2D eigenvalue weighted by molar-refractivity contribution is -0.552. The molecule has 1 fully saturated rings. The van der Waals surface area contributed by atoms with Crippen molar-refractivity contribution < 1.29 is 27.6 Å². The highest BCUT2D eigenvalue weighted by Gasteiger charge is 2.36. The first kappa shape index (κ1) is 25.6. The van der Waals surface area contributed by atoms with Gasteiger partial charge in [0.2, 0.25) is 0 Å². The highest BCUT2D eigenvalue weighted by Crippen LogP contribution is 2.27. The van der Waals surface area contributed by atoms with E-state index in [2.05, 4.69) is 42.8 Å². The summed E-state index contributed by atoms with van der Waals surface area (Å²) < 4.78 is 46.5. The first-order valence-electron chi connectivity index (χ1n) is 12.1. The molecule has 5 rings (SSSR count). The van der Waals surface area contributed by atoms with E-state index < -0.39 is 17.5 Å². The Hall–Kier alpha value is -4.01. The summed E-state index contributed by atoms with van der Waals surface area (Å²) in [7, 11) is 0. The molecule has 1 aromatic carbocycles. The summed E-state index contributed by atoms with van der Waals surface area (Å²) in [4.78, 5) is 27.4. The topological polar surface area (TPSA) is 111 Å². The lowest BCUT2D eigenvalue weighted by Crippen LogP contribution is -2.52. The summed E-state index contributed by atoms with van der Waals surface area (Å²) >= 11 is 0. The quantitative estimate of drug-likeness (QED) is 0.413. The molecule has 0 saturated carbocycles. The van der Waals surface area contributed by atoms with Crippen molar-refractivity contribution in [2.75, 3.05) is 44.3 Å². The second kappa shape index (κ2) is 10.4. The van der Waals surface area contributed by atoms with E-state index in [-0.39, 0.29) is 24.0 Å². The number of nitrogens with zero attached hydrogens (tertiary/aromatic N) is 7. The van der Waals surface area contributed by atoms with Crippen LogP contribution in [0.25, 0.3) is 0 Å². The van der Waals surface area contributed by atoms with Crippen molar-refractivity contribution in [2.45, 2.75) is 31.7 Å². The number of amidine groups is 1. The monoisotopic (exact) mass is 536 g/mol. The Morgan fingerprint density at radius 3 is 2.71 bits per heavy atom. The molecule has 204 valence electrons. The van der Waals surface area contributed by atoms with Gasteiger partial charge in [0, 0.05) is 50.2 Å². The minimum Gasteiger partial charge on any atom is -0.406 e. The summed E-state index contributed by atoms with van der Waals surface area (Å²) in [6.07, 6.45) is 0.741. The molecule has 15 heteroatoms. The van der Waals surface area contributed by atoms with E-state index in [4.69, 9.17) is 4.74 Å². The lowest BCUT2D eigenvalue weighted by atomic mass is 10.1. The fourth-order valence-electron chi connectivity index (χ4n) is 4.67. The van der Waals surface area contributed by atoms with Crippen molar-refractivity contribution in [3.8, 4) is 5.75 Å². The van der Waals surface area contributed by atoms with Gasteiger partial charge in [-0.3, -0.25) is 20.3 Å². The zero-order valence-corrected chi connectivity index (χ0v) is 20.5. The molecule has 38 heavy (non-hydrogen) atoms. The van der Waals surface area contributed by atoms with Crippen LogP contribution in [0.4, 0.5) is 18.9 Å². The molecular weight excluding hydrogens is 509 g/mol. The van der Waals surface area contributed by atoms with Crippen LogP contribution in [0.2, 0.25) is 0 Å². The number of hydrogen-bond acceptors (Lipinski definition) is 11. The summed E-state index contributed by atoms with van der Waals surface area (Å²) in [5, 5.41) is 14.3. The number of ether oxygens (including phenoxy) is 2. The molecule has 2 unspecified atom stereocenters. The molecule has 0 aromatic heterocycles. The SMILES string of the molecule is CC1CN(c2ccc(OC(F)(F)F)cc2)CCN1C1=CCN(CN[C@@H]2CN=C3OC([N+](=O)[O-])C=CN32)C=N1. The third kappa shape index (κ3) is 5.77. The molecule has 0 radical (unpaired) electrons. The standard InChI is InChI=1S/C23H27F3N8O4/c1-16-13-31(17-2-4-18(5-3-17)38-23(24,25)26)10-11-32(16)19-6-8-30(14-28-19)15-29-20-12-27-22-33(20)9-7-21(37-22)34(35)36/h2-7,9,14,16,20-21,29H,8,10-13,15H2,1H3/t16?,20-,21?/m0/s1. The number of fused-ring (bicyclic) bond motifs is 1. The van der Waals surface area contributed by atoms with Gasteiger partial charge in [0.05, 0.1) is 24.5 Å². The van der Waals surface area contributed by atoms with Crippen LogP contribution >= 0.6 is 0 Å². The molecule has 4 aliphatic rings. The van der Waals surface area contributed by atoms with Crippen LogP contribution < -0.4 is 15.0 Å². The molecule has 4 heterocycles. The second-order valence-electron chi connectivity index (χ2n) is 9.15. The summed E-state index contributed by atoms with van der Waals surface area (Å²) in [6.45, 7) is 5.77. The summed E-state index contributed by atoms with van der Waals surface area (Å²) in [5.41, 5.74) is 0.839. The molecule has 4 aliphatic heterocycles. The highest BCUT2D eigenvalue weighted by molar-refractivity contribution is 5.78. The van der Waals surface area contributed by atoms with Crippen LogP contribution in [-0.4, -0.2) is 96.2 Å². The summed E-state index contributed by atoms with van der Waals surface area (Å²) in [6, 6.07) is 6.30. The number of halogens is 3. The molecule has 1 N–H and O–H groups in total. The van der Waals surface area contributed by atoms with Crippen molar-refractivity contribution in [1.29, 1.82) is 0 Å². The average Bonchev–Trinajstić information content (AvgIpc) is 3.29. The van der Waals surface area contributed by atoms with Gasteiger partial charge in [-0.25, -0.2) is 9.98 Å². The molecular formula is C23H27F3N8O4.